The van der Waals surface area contributed by atoms with Crippen molar-refractivity contribution in [2.75, 3.05) is 31.2 Å². The zero-order valence-corrected chi connectivity index (χ0v) is 15.6. The molecule has 4 rings (SSSR count). The smallest absolute Gasteiger partial charge is 0.234 e. The van der Waals surface area contributed by atoms with Gasteiger partial charge in [0.25, 0.3) is 0 Å². The number of hydrogen-bond acceptors (Lipinski definition) is 8. The van der Waals surface area contributed by atoms with Gasteiger partial charge < -0.3 is 19.5 Å². The molecule has 8 nitrogen and oxygen atoms in total. The lowest BCUT2D eigenvalue weighted by Gasteiger charge is -2.32. The third kappa shape index (κ3) is 4.45. The highest BCUT2D eigenvalue weighted by Crippen LogP contribution is 2.22. The van der Waals surface area contributed by atoms with Crippen LogP contribution in [0.4, 0.5) is 5.82 Å². The number of benzene rings is 1. The fraction of sp³-hybridized carbons (Fsp3) is 0.400. The summed E-state index contributed by atoms with van der Waals surface area (Å²) in [6.07, 6.45) is 7.44. The number of piperidine rings is 1. The Labute approximate surface area is 163 Å². The van der Waals surface area contributed by atoms with Crippen LogP contribution in [0.1, 0.15) is 19.3 Å². The zero-order valence-electron chi connectivity index (χ0n) is 15.6. The Morgan fingerprint density at radius 1 is 1.00 bits per heavy atom. The van der Waals surface area contributed by atoms with Gasteiger partial charge in [0.1, 0.15) is 6.10 Å². The van der Waals surface area contributed by atoms with E-state index in [1.54, 1.807) is 18.6 Å². The van der Waals surface area contributed by atoms with Gasteiger partial charge in [-0.05, 0) is 12.1 Å². The molecule has 0 aliphatic carbocycles. The second-order valence-corrected chi connectivity index (χ2v) is 6.64. The molecule has 0 radical (unpaired) electrons. The predicted octanol–water partition coefficient (Wildman–Crippen LogP) is 2.23. The molecule has 1 aromatic carbocycles. The topological polar surface area (TPSA) is 93.5 Å². The van der Waals surface area contributed by atoms with Crippen molar-refractivity contribution in [2.45, 2.75) is 25.4 Å². The predicted molar refractivity (Wildman–Crippen MR) is 105 cm³/mol. The van der Waals surface area contributed by atoms with E-state index in [1.165, 1.54) is 0 Å². The van der Waals surface area contributed by atoms with Gasteiger partial charge in [0.15, 0.2) is 5.82 Å². The van der Waals surface area contributed by atoms with E-state index in [4.69, 9.17) is 14.6 Å². The van der Waals surface area contributed by atoms with Crippen molar-refractivity contribution in [3.05, 3.63) is 42.9 Å². The summed E-state index contributed by atoms with van der Waals surface area (Å²) in [7, 11) is 0. The molecule has 2 aromatic heterocycles. The summed E-state index contributed by atoms with van der Waals surface area (Å²) in [5.74, 6) is 1.84. The average Bonchev–Trinajstić information content (AvgIpc) is 2.75. The van der Waals surface area contributed by atoms with Gasteiger partial charge in [-0.25, -0.2) is 9.97 Å². The van der Waals surface area contributed by atoms with Crippen LogP contribution in [0.3, 0.4) is 0 Å². The summed E-state index contributed by atoms with van der Waals surface area (Å²) in [6, 6.07) is 7.77. The quantitative estimate of drug-likeness (QED) is 0.623. The molecule has 3 heterocycles. The maximum Gasteiger partial charge on any atom is 0.234 e. The fourth-order valence-electron chi connectivity index (χ4n) is 3.17. The SMILES string of the molecule is OCCCOc1cncc(N2CCC(Oc3cnc4ccccc4n3)CC2)n1. The van der Waals surface area contributed by atoms with E-state index in [9.17, 15) is 0 Å². The number of ether oxygens (including phenoxy) is 2. The Kier molecular flexibility index (Phi) is 5.77. The Morgan fingerprint density at radius 3 is 2.64 bits per heavy atom. The maximum absolute atomic E-state index is 8.84. The van der Waals surface area contributed by atoms with Crippen molar-refractivity contribution in [1.82, 2.24) is 19.9 Å². The van der Waals surface area contributed by atoms with Crippen LogP contribution in [-0.4, -0.2) is 57.4 Å². The minimum absolute atomic E-state index is 0.0994. The van der Waals surface area contributed by atoms with Crippen molar-refractivity contribution in [3.63, 3.8) is 0 Å². The van der Waals surface area contributed by atoms with Crippen LogP contribution in [-0.2, 0) is 0 Å². The van der Waals surface area contributed by atoms with E-state index in [0.717, 1.165) is 42.8 Å². The standard InChI is InChI=1S/C20H23N5O3/c26-10-3-11-27-19-13-21-12-18(24-19)25-8-6-15(7-9-25)28-20-14-22-16-4-1-2-5-17(16)23-20/h1-2,4-5,12-15,26H,3,6-11H2. The molecule has 0 amide bonds. The number of rotatable bonds is 7. The highest BCUT2D eigenvalue weighted by Gasteiger charge is 2.22. The van der Waals surface area contributed by atoms with Crippen LogP contribution < -0.4 is 14.4 Å². The van der Waals surface area contributed by atoms with Crippen LogP contribution in [0.5, 0.6) is 11.8 Å². The minimum atomic E-state index is 0.0994. The molecule has 1 N–H and O–H groups in total. The van der Waals surface area contributed by atoms with Crippen LogP contribution in [0.2, 0.25) is 0 Å². The minimum Gasteiger partial charge on any atom is -0.476 e. The first kappa shape index (κ1) is 18.4. The third-order valence-corrected chi connectivity index (χ3v) is 4.63. The molecule has 1 fully saturated rings. The molecule has 0 unspecified atom stereocenters. The molecule has 0 bridgehead atoms. The van der Waals surface area contributed by atoms with Crippen LogP contribution >= 0.6 is 0 Å². The molecule has 1 aliphatic rings. The van der Waals surface area contributed by atoms with Gasteiger partial charge in [0, 0.05) is 39.0 Å². The number of aliphatic hydroxyl groups is 1. The molecule has 1 saturated heterocycles. The van der Waals surface area contributed by atoms with Gasteiger partial charge >= 0.3 is 0 Å². The lowest BCUT2D eigenvalue weighted by molar-refractivity contribution is 0.163. The second-order valence-electron chi connectivity index (χ2n) is 6.64. The maximum atomic E-state index is 8.84. The highest BCUT2D eigenvalue weighted by molar-refractivity contribution is 5.73. The third-order valence-electron chi connectivity index (χ3n) is 4.63. The second kappa shape index (κ2) is 8.79. The molecular weight excluding hydrogens is 358 g/mol. The van der Waals surface area contributed by atoms with Crippen LogP contribution in [0.25, 0.3) is 11.0 Å². The molecule has 0 atom stereocenters. The summed E-state index contributed by atoms with van der Waals surface area (Å²) >= 11 is 0. The molecule has 28 heavy (non-hydrogen) atoms. The number of anilines is 1. The van der Waals surface area contributed by atoms with Crippen molar-refractivity contribution in [2.24, 2.45) is 0 Å². The lowest BCUT2D eigenvalue weighted by atomic mass is 10.1. The average molecular weight is 381 g/mol. The van der Waals surface area contributed by atoms with Gasteiger partial charge in [0.2, 0.25) is 11.8 Å². The Balaban J connectivity index is 1.33. The van der Waals surface area contributed by atoms with Gasteiger partial charge in [0.05, 0.1) is 36.2 Å². The summed E-state index contributed by atoms with van der Waals surface area (Å²) in [5.41, 5.74) is 1.70. The van der Waals surface area contributed by atoms with Crippen LogP contribution in [0, 0.1) is 0 Å². The number of fused-ring (bicyclic) bond motifs is 1. The Hall–Kier alpha value is -3.00. The molecular formula is C20H23N5O3. The number of aromatic nitrogens is 4. The Morgan fingerprint density at radius 2 is 1.82 bits per heavy atom. The molecule has 146 valence electrons. The highest BCUT2D eigenvalue weighted by atomic mass is 16.5. The van der Waals surface area contributed by atoms with Gasteiger partial charge in [-0.3, -0.25) is 4.98 Å². The largest absolute Gasteiger partial charge is 0.476 e. The number of hydrogen-bond donors (Lipinski definition) is 1. The van der Waals surface area contributed by atoms with E-state index in [-0.39, 0.29) is 12.7 Å². The first-order chi connectivity index (χ1) is 13.8. The van der Waals surface area contributed by atoms with Gasteiger partial charge in [-0.2, -0.15) is 4.98 Å². The van der Waals surface area contributed by atoms with E-state index < -0.39 is 0 Å². The number of nitrogens with zero attached hydrogens (tertiary/aromatic N) is 5. The zero-order chi connectivity index (χ0) is 19.2. The number of para-hydroxylation sites is 2. The van der Waals surface area contributed by atoms with E-state index in [2.05, 4.69) is 24.8 Å². The van der Waals surface area contributed by atoms with Gasteiger partial charge in [-0.1, -0.05) is 12.1 Å². The van der Waals surface area contributed by atoms with E-state index >= 15 is 0 Å². The van der Waals surface area contributed by atoms with Crippen molar-refractivity contribution < 1.29 is 14.6 Å². The first-order valence-electron chi connectivity index (χ1n) is 9.51. The summed E-state index contributed by atoms with van der Waals surface area (Å²) < 4.78 is 11.6. The molecule has 8 heteroatoms. The van der Waals surface area contributed by atoms with Crippen molar-refractivity contribution in [1.29, 1.82) is 0 Å². The Bertz CT molecular complexity index is 915. The number of aliphatic hydroxyl groups excluding tert-OH is 1. The van der Waals surface area contributed by atoms with E-state index in [1.807, 2.05) is 24.3 Å². The summed E-state index contributed by atoms with van der Waals surface area (Å²) in [6.45, 7) is 2.17. The summed E-state index contributed by atoms with van der Waals surface area (Å²) in [4.78, 5) is 19.8. The summed E-state index contributed by atoms with van der Waals surface area (Å²) in [5, 5.41) is 8.84. The molecule has 3 aromatic rings. The lowest BCUT2D eigenvalue weighted by Crippen LogP contribution is -2.38. The molecule has 0 saturated carbocycles. The normalized spacial score (nSPS) is 15.0. The van der Waals surface area contributed by atoms with Crippen molar-refractivity contribution in [3.8, 4) is 11.8 Å². The van der Waals surface area contributed by atoms with Crippen molar-refractivity contribution >= 4 is 16.9 Å². The monoisotopic (exact) mass is 381 g/mol. The van der Waals surface area contributed by atoms with Crippen LogP contribution in [0.15, 0.2) is 42.9 Å². The molecule has 1 aliphatic heterocycles. The molecule has 0 spiro atoms. The van der Waals surface area contributed by atoms with E-state index in [0.29, 0.717) is 24.8 Å². The van der Waals surface area contributed by atoms with Gasteiger partial charge in [-0.15, -0.1) is 0 Å². The fourth-order valence-corrected chi connectivity index (χ4v) is 3.17. The first-order valence-corrected chi connectivity index (χ1v) is 9.51.